The van der Waals surface area contributed by atoms with Gasteiger partial charge in [0.05, 0.1) is 18.4 Å². The van der Waals surface area contributed by atoms with Gasteiger partial charge in [0.2, 0.25) is 0 Å². The van der Waals surface area contributed by atoms with Crippen LogP contribution >= 0.6 is 0 Å². The third kappa shape index (κ3) is 3.76. The number of amidine groups is 1. The molecule has 0 aromatic heterocycles. The van der Waals surface area contributed by atoms with E-state index in [1.807, 2.05) is 5.48 Å². The molecule has 22 heavy (non-hydrogen) atoms. The Morgan fingerprint density at radius 2 is 1.82 bits per heavy atom. The molecule has 0 atom stereocenters. The average Bonchev–Trinajstić information content (AvgIpc) is 2.52. The van der Waals surface area contributed by atoms with Crippen molar-refractivity contribution in [3.8, 4) is 5.75 Å². The highest BCUT2D eigenvalue weighted by molar-refractivity contribution is 5.99. The van der Waals surface area contributed by atoms with E-state index in [1.54, 1.807) is 24.3 Å². The zero-order valence-corrected chi connectivity index (χ0v) is 11.6. The summed E-state index contributed by atoms with van der Waals surface area (Å²) in [5, 5.41) is 9.15. The fraction of sp³-hybridized carbons (Fsp3) is 0.133. The van der Waals surface area contributed by atoms with Gasteiger partial charge in [-0.25, -0.2) is 4.99 Å². The van der Waals surface area contributed by atoms with Gasteiger partial charge in [0.15, 0.2) is 5.84 Å². The van der Waals surface area contributed by atoms with Crippen LogP contribution in [0, 0.1) is 0 Å². The van der Waals surface area contributed by atoms with Crippen molar-refractivity contribution < 1.29 is 23.1 Å². The lowest BCUT2D eigenvalue weighted by Crippen LogP contribution is -2.20. The minimum Gasteiger partial charge on any atom is -0.497 e. The van der Waals surface area contributed by atoms with Crippen molar-refractivity contribution in [2.45, 2.75) is 6.18 Å². The number of ether oxygens (including phenoxy) is 1. The van der Waals surface area contributed by atoms with Gasteiger partial charge < -0.3 is 4.74 Å². The summed E-state index contributed by atoms with van der Waals surface area (Å²) in [5.74, 6) is 0.535. The predicted molar refractivity (Wildman–Crippen MR) is 75.6 cm³/mol. The van der Waals surface area contributed by atoms with Crippen LogP contribution in [0.25, 0.3) is 0 Å². The topological polar surface area (TPSA) is 53.8 Å². The maximum Gasteiger partial charge on any atom is 0.416 e. The van der Waals surface area contributed by atoms with Crippen molar-refractivity contribution in [2.75, 3.05) is 7.11 Å². The Morgan fingerprint density at radius 3 is 2.36 bits per heavy atom. The van der Waals surface area contributed by atoms with Crippen molar-refractivity contribution in [1.82, 2.24) is 5.48 Å². The molecule has 2 aromatic rings. The maximum atomic E-state index is 12.7. The lowest BCUT2D eigenvalue weighted by Gasteiger charge is -2.10. The molecule has 0 aliphatic heterocycles. The van der Waals surface area contributed by atoms with Crippen LogP contribution in [-0.2, 0) is 6.18 Å². The van der Waals surface area contributed by atoms with Crippen LogP contribution in [0.3, 0.4) is 0 Å². The molecule has 4 nitrogen and oxygen atoms in total. The van der Waals surface area contributed by atoms with Crippen molar-refractivity contribution in [1.29, 1.82) is 0 Å². The second-order valence-electron chi connectivity index (χ2n) is 4.35. The van der Waals surface area contributed by atoms with E-state index in [2.05, 4.69) is 4.99 Å². The molecule has 0 heterocycles. The van der Waals surface area contributed by atoms with E-state index < -0.39 is 11.7 Å². The normalized spacial score (nSPS) is 12.1. The number of rotatable bonds is 3. The number of halogens is 3. The van der Waals surface area contributed by atoms with E-state index >= 15 is 0 Å². The summed E-state index contributed by atoms with van der Waals surface area (Å²) in [4.78, 5) is 4.08. The summed E-state index contributed by atoms with van der Waals surface area (Å²) >= 11 is 0. The van der Waals surface area contributed by atoms with Gasteiger partial charge in [-0.15, -0.1) is 0 Å². The summed E-state index contributed by atoms with van der Waals surface area (Å²) in [6, 6.07) is 11.1. The van der Waals surface area contributed by atoms with Gasteiger partial charge in [-0.3, -0.25) is 10.7 Å². The standard InChI is InChI=1S/C15H13F3N2O2/c1-22-13-7-5-12(6-8-13)19-14(20-21)10-3-2-4-11(9-10)15(16,17)18/h2-9,21H,1H3,(H,19,20). The first-order valence-corrected chi connectivity index (χ1v) is 6.24. The number of hydrogen-bond acceptors (Lipinski definition) is 3. The van der Waals surface area contributed by atoms with Crippen LogP contribution in [0.15, 0.2) is 53.5 Å². The van der Waals surface area contributed by atoms with E-state index in [4.69, 9.17) is 9.94 Å². The lowest BCUT2D eigenvalue weighted by atomic mass is 10.1. The largest absolute Gasteiger partial charge is 0.497 e. The minimum atomic E-state index is -4.46. The smallest absolute Gasteiger partial charge is 0.416 e. The number of hydroxylamine groups is 1. The van der Waals surface area contributed by atoms with Crippen LogP contribution in [-0.4, -0.2) is 18.2 Å². The number of alkyl halides is 3. The summed E-state index contributed by atoms with van der Waals surface area (Å²) in [5.41, 5.74) is 1.58. The average molecular weight is 310 g/mol. The van der Waals surface area contributed by atoms with Gasteiger partial charge in [0.1, 0.15) is 5.75 Å². The minimum absolute atomic E-state index is 0.0868. The molecule has 0 fully saturated rings. The molecule has 0 aliphatic carbocycles. The van der Waals surface area contributed by atoms with Crippen molar-refractivity contribution in [2.24, 2.45) is 4.99 Å². The Hall–Kier alpha value is -2.54. The van der Waals surface area contributed by atoms with E-state index in [-0.39, 0.29) is 11.4 Å². The van der Waals surface area contributed by atoms with E-state index in [0.29, 0.717) is 11.4 Å². The quantitative estimate of drug-likeness (QED) is 0.515. The fourth-order valence-corrected chi connectivity index (χ4v) is 1.78. The van der Waals surface area contributed by atoms with Gasteiger partial charge in [-0.2, -0.15) is 13.2 Å². The van der Waals surface area contributed by atoms with Gasteiger partial charge in [0.25, 0.3) is 0 Å². The van der Waals surface area contributed by atoms with E-state index in [0.717, 1.165) is 12.1 Å². The van der Waals surface area contributed by atoms with E-state index in [1.165, 1.54) is 19.2 Å². The highest BCUT2D eigenvalue weighted by atomic mass is 19.4. The molecular formula is C15H13F3N2O2. The molecule has 116 valence electrons. The first kappa shape index (κ1) is 15.8. The summed E-state index contributed by atoms with van der Waals surface area (Å²) in [7, 11) is 1.52. The number of hydrogen-bond donors (Lipinski definition) is 2. The molecule has 2 aromatic carbocycles. The third-order valence-corrected chi connectivity index (χ3v) is 2.88. The Morgan fingerprint density at radius 1 is 1.14 bits per heavy atom. The molecule has 0 bridgehead atoms. The molecule has 0 aliphatic rings. The highest BCUT2D eigenvalue weighted by Gasteiger charge is 2.30. The summed E-state index contributed by atoms with van der Waals surface area (Å²) in [6.07, 6.45) is -4.46. The number of aliphatic imine (C=N–C) groups is 1. The van der Waals surface area contributed by atoms with Gasteiger partial charge in [-0.05, 0) is 36.4 Å². The Kier molecular flexibility index (Phi) is 4.67. The highest BCUT2D eigenvalue weighted by Crippen LogP contribution is 2.29. The second-order valence-corrected chi connectivity index (χ2v) is 4.35. The first-order chi connectivity index (χ1) is 10.4. The predicted octanol–water partition coefficient (Wildman–Crippen LogP) is 3.77. The van der Waals surface area contributed by atoms with Crippen molar-refractivity contribution >= 4 is 11.5 Å². The van der Waals surface area contributed by atoms with Gasteiger partial charge in [-0.1, -0.05) is 12.1 Å². The Labute approximate surface area is 124 Å². The number of nitrogens with one attached hydrogen (secondary N) is 1. The van der Waals surface area contributed by atoms with Gasteiger partial charge in [0, 0.05) is 5.56 Å². The summed E-state index contributed by atoms with van der Waals surface area (Å²) < 4.78 is 43.1. The molecule has 0 saturated carbocycles. The molecule has 2 N–H and O–H groups in total. The van der Waals surface area contributed by atoms with Crippen LogP contribution in [0.1, 0.15) is 11.1 Å². The van der Waals surface area contributed by atoms with Gasteiger partial charge >= 0.3 is 6.18 Å². The fourth-order valence-electron chi connectivity index (χ4n) is 1.78. The van der Waals surface area contributed by atoms with Crippen LogP contribution in [0.5, 0.6) is 5.75 Å². The molecule has 0 unspecified atom stereocenters. The lowest BCUT2D eigenvalue weighted by molar-refractivity contribution is -0.137. The zero-order chi connectivity index (χ0) is 16.2. The second kappa shape index (κ2) is 6.48. The molecule has 0 amide bonds. The monoisotopic (exact) mass is 310 g/mol. The van der Waals surface area contributed by atoms with Crippen molar-refractivity contribution in [3.63, 3.8) is 0 Å². The zero-order valence-electron chi connectivity index (χ0n) is 11.6. The number of benzene rings is 2. The molecule has 7 heteroatoms. The SMILES string of the molecule is COc1ccc(N=C(NO)c2cccc(C(F)(F)F)c2)cc1. The molecule has 0 radical (unpaired) electrons. The molecular weight excluding hydrogens is 297 g/mol. The Bertz CT molecular complexity index is 667. The first-order valence-electron chi connectivity index (χ1n) is 6.24. The molecule has 0 spiro atoms. The van der Waals surface area contributed by atoms with Crippen LogP contribution in [0.2, 0.25) is 0 Å². The van der Waals surface area contributed by atoms with Crippen molar-refractivity contribution in [3.05, 3.63) is 59.7 Å². The van der Waals surface area contributed by atoms with Crippen LogP contribution < -0.4 is 10.2 Å². The number of nitrogens with zero attached hydrogens (tertiary/aromatic N) is 1. The number of methoxy groups -OCH3 is 1. The van der Waals surface area contributed by atoms with Crippen LogP contribution in [0.4, 0.5) is 18.9 Å². The molecule has 2 rings (SSSR count). The third-order valence-electron chi connectivity index (χ3n) is 2.88. The summed E-state index contributed by atoms with van der Waals surface area (Å²) in [6.45, 7) is 0. The molecule has 0 saturated heterocycles. The maximum absolute atomic E-state index is 12.7. The Balaban J connectivity index is 2.36. The van der Waals surface area contributed by atoms with E-state index in [9.17, 15) is 13.2 Å².